The molecule has 1 heterocycles. The topological polar surface area (TPSA) is 77.0 Å². The molecule has 0 saturated heterocycles. The van der Waals surface area contributed by atoms with Crippen LogP contribution in [0.1, 0.15) is 18.1 Å². The van der Waals surface area contributed by atoms with Gasteiger partial charge in [-0.15, -0.1) is 24.0 Å². The van der Waals surface area contributed by atoms with E-state index in [0.717, 1.165) is 17.7 Å². The molecule has 7 nitrogen and oxygen atoms in total. The molecule has 3 aromatic rings. The molecule has 176 valence electrons. The Balaban J connectivity index is 0.00000385. The smallest absolute Gasteiger partial charge is 0.219 e. The zero-order valence-corrected chi connectivity index (χ0v) is 21.1. The fraction of sp³-hybridized carbons (Fsp3) is 0.250. The lowest BCUT2D eigenvalue weighted by molar-refractivity contribution is 0.354. The molecule has 0 aliphatic carbocycles. The summed E-state index contributed by atoms with van der Waals surface area (Å²) in [4.78, 5) is 8.86. The molecular weight excluding hydrogens is 538 g/mol. The number of guanidine groups is 1. The predicted octanol–water partition coefficient (Wildman–Crippen LogP) is 4.90. The van der Waals surface area contributed by atoms with Gasteiger partial charge in [0.15, 0.2) is 17.5 Å². The first-order valence-corrected chi connectivity index (χ1v) is 10.2. The average Bonchev–Trinajstić information content (AvgIpc) is 2.82. The van der Waals surface area contributed by atoms with Gasteiger partial charge in [-0.25, -0.2) is 14.4 Å². The van der Waals surface area contributed by atoms with Crippen LogP contribution < -0.4 is 24.8 Å². The maximum absolute atomic E-state index is 13.1. The van der Waals surface area contributed by atoms with Crippen molar-refractivity contribution in [3.05, 3.63) is 77.7 Å². The van der Waals surface area contributed by atoms with Gasteiger partial charge < -0.3 is 24.8 Å². The van der Waals surface area contributed by atoms with E-state index >= 15 is 0 Å². The van der Waals surface area contributed by atoms with Crippen molar-refractivity contribution in [2.45, 2.75) is 20.0 Å². The third-order valence-electron chi connectivity index (χ3n) is 4.51. The summed E-state index contributed by atoms with van der Waals surface area (Å²) in [6.45, 7) is 3.74. The highest BCUT2D eigenvalue weighted by atomic mass is 127. The lowest BCUT2D eigenvalue weighted by Gasteiger charge is -2.13. The maximum Gasteiger partial charge on any atom is 0.219 e. The molecule has 2 aromatic carbocycles. The summed E-state index contributed by atoms with van der Waals surface area (Å²) < 4.78 is 29.4. The van der Waals surface area contributed by atoms with Crippen LogP contribution in [-0.2, 0) is 13.1 Å². The second-order valence-electron chi connectivity index (χ2n) is 6.80. The first-order chi connectivity index (χ1) is 15.6. The van der Waals surface area contributed by atoms with Crippen molar-refractivity contribution < 1.29 is 18.6 Å². The molecule has 0 bridgehead atoms. The minimum absolute atomic E-state index is 0. The third-order valence-corrected chi connectivity index (χ3v) is 4.51. The minimum atomic E-state index is -0.313. The van der Waals surface area contributed by atoms with E-state index < -0.39 is 0 Å². The van der Waals surface area contributed by atoms with E-state index in [1.165, 1.54) is 12.1 Å². The average molecular weight is 566 g/mol. The summed E-state index contributed by atoms with van der Waals surface area (Å²) in [5.41, 5.74) is 1.97. The van der Waals surface area contributed by atoms with E-state index in [1.54, 1.807) is 32.5 Å². The Morgan fingerprint density at radius 2 is 1.70 bits per heavy atom. The number of pyridine rings is 1. The number of ether oxygens (including phenoxy) is 3. The van der Waals surface area contributed by atoms with E-state index in [2.05, 4.69) is 20.6 Å². The van der Waals surface area contributed by atoms with Crippen LogP contribution in [0.25, 0.3) is 0 Å². The van der Waals surface area contributed by atoms with Crippen LogP contribution in [0.5, 0.6) is 23.1 Å². The van der Waals surface area contributed by atoms with Crippen molar-refractivity contribution in [3.8, 4) is 23.1 Å². The molecule has 0 aliphatic rings. The van der Waals surface area contributed by atoms with Crippen molar-refractivity contribution in [1.29, 1.82) is 0 Å². The quantitative estimate of drug-likeness (QED) is 0.218. The summed E-state index contributed by atoms with van der Waals surface area (Å²) in [6.07, 6.45) is 1.67. The monoisotopic (exact) mass is 566 g/mol. The Bertz CT molecular complexity index is 1050. The molecule has 0 spiro atoms. The lowest BCUT2D eigenvalue weighted by Crippen LogP contribution is -2.36. The number of aromatic nitrogens is 1. The third kappa shape index (κ3) is 8.08. The number of aliphatic imine (C=N–C) groups is 1. The van der Waals surface area contributed by atoms with Crippen LogP contribution in [0.15, 0.2) is 65.8 Å². The number of nitrogens with zero attached hydrogens (tertiary/aromatic N) is 2. The van der Waals surface area contributed by atoms with Crippen molar-refractivity contribution in [2.24, 2.45) is 4.99 Å². The zero-order chi connectivity index (χ0) is 22.8. The largest absolute Gasteiger partial charge is 0.493 e. The molecule has 0 amide bonds. The molecule has 0 fully saturated rings. The molecule has 9 heteroatoms. The van der Waals surface area contributed by atoms with Crippen molar-refractivity contribution in [2.75, 3.05) is 20.8 Å². The predicted molar refractivity (Wildman–Crippen MR) is 137 cm³/mol. The van der Waals surface area contributed by atoms with Crippen LogP contribution in [0.2, 0.25) is 0 Å². The number of methoxy groups -OCH3 is 2. The van der Waals surface area contributed by atoms with Gasteiger partial charge in [-0.1, -0.05) is 6.07 Å². The Morgan fingerprint density at radius 1 is 0.939 bits per heavy atom. The molecule has 0 radical (unpaired) electrons. The van der Waals surface area contributed by atoms with Gasteiger partial charge in [0.05, 0.1) is 20.8 Å². The van der Waals surface area contributed by atoms with Gasteiger partial charge >= 0.3 is 0 Å². The molecule has 0 aliphatic heterocycles. The highest BCUT2D eigenvalue weighted by Crippen LogP contribution is 2.27. The first kappa shape index (κ1) is 26.2. The number of hydrogen-bond acceptors (Lipinski definition) is 5. The van der Waals surface area contributed by atoms with Crippen LogP contribution in [0, 0.1) is 5.82 Å². The molecule has 0 saturated carbocycles. The SMILES string of the molecule is CCNC(=NCc1ccc(OC)c(OC)c1)NCc1ccnc(Oc2ccc(F)cc2)c1.I. The maximum atomic E-state index is 13.1. The number of halogens is 2. The Kier molecular flexibility index (Phi) is 10.7. The highest BCUT2D eigenvalue weighted by molar-refractivity contribution is 14.0. The second kappa shape index (κ2) is 13.5. The van der Waals surface area contributed by atoms with Crippen molar-refractivity contribution >= 4 is 29.9 Å². The van der Waals surface area contributed by atoms with E-state index in [4.69, 9.17) is 14.2 Å². The number of hydrogen-bond donors (Lipinski definition) is 2. The fourth-order valence-electron chi connectivity index (χ4n) is 2.92. The van der Waals surface area contributed by atoms with Gasteiger partial charge in [0.1, 0.15) is 11.6 Å². The summed E-state index contributed by atoms with van der Waals surface area (Å²) in [7, 11) is 3.22. The molecule has 1 aromatic heterocycles. The van der Waals surface area contributed by atoms with Crippen LogP contribution in [0.4, 0.5) is 4.39 Å². The lowest BCUT2D eigenvalue weighted by atomic mass is 10.2. The van der Waals surface area contributed by atoms with Crippen LogP contribution in [0.3, 0.4) is 0 Å². The Hall–Kier alpha value is -3.08. The van der Waals surface area contributed by atoms with Gasteiger partial charge in [0.25, 0.3) is 0 Å². The fourth-order valence-corrected chi connectivity index (χ4v) is 2.92. The van der Waals surface area contributed by atoms with Crippen molar-refractivity contribution in [3.63, 3.8) is 0 Å². The number of rotatable bonds is 9. The van der Waals surface area contributed by atoms with Crippen LogP contribution in [-0.4, -0.2) is 31.7 Å². The number of nitrogens with one attached hydrogen (secondary N) is 2. The molecule has 33 heavy (non-hydrogen) atoms. The second-order valence-corrected chi connectivity index (χ2v) is 6.80. The van der Waals surface area contributed by atoms with Gasteiger partial charge in [-0.3, -0.25) is 0 Å². The van der Waals surface area contributed by atoms with Gasteiger partial charge in [-0.2, -0.15) is 0 Å². The van der Waals surface area contributed by atoms with Crippen molar-refractivity contribution in [1.82, 2.24) is 15.6 Å². The summed E-state index contributed by atoms with van der Waals surface area (Å²) in [5, 5.41) is 6.54. The molecular formula is C24H28FIN4O3. The normalized spacial score (nSPS) is 10.7. The summed E-state index contributed by atoms with van der Waals surface area (Å²) in [5.74, 6) is 2.67. The molecule has 0 atom stereocenters. The Labute approximate surface area is 210 Å². The van der Waals surface area contributed by atoms with E-state index in [-0.39, 0.29) is 29.8 Å². The highest BCUT2D eigenvalue weighted by Gasteiger charge is 2.06. The van der Waals surface area contributed by atoms with Gasteiger partial charge in [0.2, 0.25) is 5.88 Å². The summed E-state index contributed by atoms with van der Waals surface area (Å²) in [6, 6.07) is 15.3. The van der Waals surface area contributed by atoms with E-state index in [9.17, 15) is 4.39 Å². The van der Waals surface area contributed by atoms with E-state index in [1.807, 2.05) is 37.3 Å². The minimum Gasteiger partial charge on any atom is -0.493 e. The van der Waals surface area contributed by atoms with E-state index in [0.29, 0.717) is 42.2 Å². The zero-order valence-electron chi connectivity index (χ0n) is 18.8. The van der Waals surface area contributed by atoms with Crippen LogP contribution >= 0.6 is 24.0 Å². The standard InChI is InChI=1S/C24H27FN4O3.HI/c1-4-26-24(28-15-17-5-10-21(30-2)22(13-17)31-3)29-16-18-11-12-27-23(14-18)32-20-8-6-19(25)7-9-20;/h5-14H,4,15-16H2,1-3H3,(H2,26,28,29);1H. The molecule has 2 N–H and O–H groups in total. The number of benzene rings is 2. The molecule has 3 rings (SSSR count). The summed E-state index contributed by atoms with van der Waals surface area (Å²) >= 11 is 0. The Morgan fingerprint density at radius 3 is 2.39 bits per heavy atom. The molecule has 0 unspecified atom stereocenters. The van der Waals surface area contributed by atoms with Gasteiger partial charge in [0, 0.05) is 25.4 Å². The van der Waals surface area contributed by atoms with Gasteiger partial charge in [-0.05, 0) is 60.5 Å². The first-order valence-electron chi connectivity index (χ1n) is 10.2.